The Balaban J connectivity index is 2.36. The Kier molecular flexibility index (Phi) is 5.44. The van der Waals surface area contributed by atoms with Crippen LogP contribution in [0.4, 0.5) is 0 Å². The molecule has 17 heavy (non-hydrogen) atoms. The number of hydrogen-bond acceptors (Lipinski definition) is 2. The van der Waals surface area contributed by atoms with Crippen LogP contribution in [0.1, 0.15) is 52.4 Å². The maximum absolute atomic E-state index is 12.3. The molecule has 100 valence electrons. The first-order chi connectivity index (χ1) is 7.99. The van der Waals surface area contributed by atoms with Gasteiger partial charge < -0.3 is 10.0 Å². The normalized spacial score (nSPS) is 22.7. The topological polar surface area (TPSA) is 40.5 Å². The SMILES string of the molecule is CN(CCCCCO)C(=O)C1CCCC1(C)C. The molecule has 1 fully saturated rings. The van der Waals surface area contributed by atoms with E-state index in [1.807, 2.05) is 11.9 Å². The molecule has 3 nitrogen and oxygen atoms in total. The Morgan fingerprint density at radius 1 is 1.35 bits per heavy atom. The van der Waals surface area contributed by atoms with Crippen LogP contribution in [0.25, 0.3) is 0 Å². The number of aliphatic hydroxyl groups excluding tert-OH is 1. The number of carbonyl (C=O) groups is 1. The van der Waals surface area contributed by atoms with E-state index in [9.17, 15) is 4.79 Å². The maximum Gasteiger partial charge on any atom is 0.225 e. The summed E-state index contributed by atoms with van der Waals surface area (Å²) in [5.74, 6) is 0.529. The van der Waals surface area contributed by atoms with Crippen LogP contribution in [-0.2, 0) is 4.79 Å². The highest BCUT2D eigenvalue weighted by atomic mass is 16.2. The lowest BCUT2D eigenvalue weighted by molar-refractivity contribution is -0.137. The van der Waals surface area contributed by atoms with Gasteiger partial charge >= 0.3 is 0 Å². The lowest BCUT2D eigenvalue weighted by atomic mass is 9.81. The highest BCUT2D eigenvalue weighted by molar-refractivity contribution is 5.79. The quantitative estimate of drug-likeness (QED) is 0.726. The van der Waals surface area contributed by atoms with Gasteiger partial charge in [0.25, 0.3) is 0 Å². The highest BCUT2D eigenvalue weighted by Gasteiger charge is 2.40. The number of aliphatic hydroxyl groups is 1. The van der Waals surface area contributed by atoms with Crippen LogP contribution < -0.4 is 0 Å². The smallest absolute Gasteiger partial charge is 0.225 e. The zero-order valence-corrected chi connectivity index (χ0v) is 11.5. The Labute approximate surface area is 105 Å². The van der Waals surface area contributed by atoms with Crippen molar-refractivity contribution in [3.8, 4) is 0 Å². The van der Waals surface area contributed by atoms with Gasteiger partial charge in [-0.15, -0.1) is 0 Å². The lowest BCUT2D eigenvalue weighted by Crippen LogP contribution is -2.38. The van der Waals surface area contributed by atoms with Gasteiger partial charge in [-0.1, -0.05) is 20.3 Å². The Morgan fingerprint density at radius 2 is 2.06 bits per heavy atom. The first kappa shape index (κ1) is 14.5. The maximum atomic E-state index is 12.3. The van der Waals surface area contributed by atoms with Crippen molar-refractivity contribution < 1.29 is 9.90 Å². The third kappa shape index (κ3) is 3.98. The Bertz CT molecular complexity index is 251. The van der Waals surface area contributed by atoms with Crippen molar-refractivity contribution in [3.05, 3.63) is 0 Å². The minimum absolute atomic E-state index is 0.177. The van der Waals surface area contributed by atoms with Gasteiger partial charge in [-0.05, 0) is 37.5 Å². The van der Waals surface area contributed by atoms with E-state index in [2.05, 4.69) is 13.8 Å². The minimum atomic E-state index is 0.177. The van der Waals surface area contributed by atoms with Gasteiger partial charge in [-0.25, -0.2) is 0 Å². The standard InChI is InChI=1S/C14H27NO2/c1-14(2)9-7-8-12(14)13(17)15(3)10-5-4-6-11-16/h12,16H,4-11H2,1-3H3. The first-order valence-electron chi connectivity index (χ1n) is 6.85. The lowest BCUT2D eigenvalue weighted by Gasteiger charge is -2.30. The van der Waals surface area contributed by atoms with E-state index in [4.69, 9.17) is 5.11 Å². The first-order valence-corrected chi connectivity index (χ1v) is 6.85. The number of carbonyl (C=O) groups excluding carboxylic acids is 1. The summed E-state index contributed by atoms with van der Waals surface area (Å²) in [6.07, 6.45) is 6.24. The van der Waals surface area contributed by atoms with Crippen molar-refractivity contribution in [3.63, 3.8) is 0 Å². The summed E-state index contributed by atoms with van der Waals surface area (Å²) >= 11 is 0. The molecule has 0 aromatic carbocycles. The van der Waals surface area contributed by atoms with Gasteiger partial charge in [-0.3, -0.25) is 4.79 Å². The van der Waals surface area contributed by atoms with Gasteiger partial charge in [-0.2, -0.15) is 0 Å². The summed E-state index contributed by atoms with van der Waals surface area (Å²) in [4.78, 5) is 14.2. The van der Waals surface area contributed by atoms with E-state index in [0.717, 1.165) is 32.2 Å². The Morgan fingerprint density at radius 3 is 2.59 bits per heavy atom. The van der Waals surface area contributed by atoms with Crippen LogP contribution >= 0.6 is 0 Å². The summed E-state index contributed by atoms with van der Waals surface area (Å²) in [5.41, 5.74) is 0.177. The fraction of sp³-hybridized carbons (Fsp3) is 0.929. The number of hydrogen-bond donors (Lipinski definition) is 1. The number of nitrogens with zero attached hydrogens (tertiary/aromatic N) is 1. The predicted molar refractivity (Wildman–Crippen MR) is 69.7 cm³/mol. The minimum Gasteiger partial charge on any atom is -0.396 e. The number of unbranched alkanes of at least 4 members (excludes halogenated alkanes) is 2. The summed E-state index contributed by atoms with van der Waals surface area (Å²) in [7, 11) is 1.91. The van der Waals surface area contributed by atoms with Gasteiger partial charge in [0.2, 0.25) is 5.91 Å². The molecule has 1 saturated carbocycles. The largest absolute Gasteiger partial charge is 0.396 e. The van der Waals surface area contributed by atoms with Gasteiger partial charge in [0.1, 0.15) is 0 Å². The molecule has 0 radical (unpaired) electrons. The molecule has 0 spiro atoms. The molecule has 1 aliphatic carbocycles. The molecule has 1 unspecified atom stereocenters. The summed E-state index contributed by atoms with van der Waals surface area (Å²) < 4.78 is 0. The zero-order valence-electron chi connectivity index (χ0n) is 11.5. The molecule has 0 aromatic heterocycles. The molecule has 1 N–H and O–H groups in total. The van der Waals surface area contributed by atoms with Crippen LogP contribution in [-0.4, -0.2) is 36.1 Å². The van der Waals surface area contributed by atoms with Crippen LogP contribution in [0.15, 0.2) is 0 Å². The average molecular weight is 241 g/mol. The fourth-order valence-corrected chi connectivity index (χ4v) is 2.80. The van der Waals surface area contributed by atoms with Crippen molar-refractivity contribution in [1.82, 2.24) is 4.90 Å². The van der Waals surface area contributed by atoms with Crippen LogP contribution in [0.3, 0.4) is 0 Å². The molecular formula is C14H27NO2. The van der Waals surface area contributed by atoms with Crippen molar-refractivity contribution in [2.24, 2.45) is 11.3 Å². The summed E-state index contributed by atoms with van der Waals surface area (Å²) in [6, 6.07) is 0. The molecule has 3 heteroatoms. The zero-order chi connectivity index (χ0) is 12.9. The van der Waals surface area contributed by atoms with Crippen molar-refractivity contribution >= 4 is 5.91 Å². The van der Waals surface area contributed by atoms with E-state index in [1.165, 1.54) is 12.8 Å². The molecule has 0 aromatic rings. The third-order valence-corrected chi connectivity index (χ3v) is 4.08. The van der Waals surface area contributed by atoms with E-state index in [1.54, 1.807) is 0 Å². The molecule has 1 amide bonds. The predicted octanol–water partition coefficient (Wildman–Crippen LogP) is 2.43. The second kappa shape index (κ2) is 6.39. The second-order valence-electron chi connectivity index (χ2n) is 5.98. The molecule has 0 heterocycles. The van der Waals surface area contributed by atoms with Crippen LogP contribution in [0.2, 0.25) is 0 Å². The molecule has 0 saturated heterocycles. The molecule has 1 rings (SSSR count). The summed E-state index contributed by atoms with van der Waals surface area (Å²) in [5, 5.41) is 8.70. The molecule has 0 bridgehead atoms. The number of rotatable bonds is 6. The fourth-order valence-electron chi connectivity index (χ4n) is 2.80. The van der Waals surface area contributed by atoms with Crippen LogP contribution in [0, 0.1) is 11.3 Å². The van der Waals surface area contributed by atoms with E-state index in [0.29, 0.717) is 5.91 Å². The second-order valence-corrected chi connectivity index (χ2v) is 5.98. The summed E-state index contributed by atoms with van der Waals surface area (Å²) in [6.45, 7) is 5.50. The third-order valence-electron chi connectivity index (χ3n) is 4.08. The van der Waals surface area contributed by atoms with Gasteiger partial charge in [0.15, 0.2) is 0 Å². The van der Waals surface area contributed by atoms with Crippen LogP contribution in [0.5, 0.6) is 0 Å². The van der Waals surface area contributed by atoms with Gasteiger partial charge in [0.05, 0.1) is 0 Å². The Hall–Kier alpha value is -0.570. The van der Waals surface area contributed by atoms with E-state index < -0.39 is 0 Å². The monoisotopic (exact) mass is 241 g/mol. The van der Waals surface area contributed by atoms with E-state index in [-0.39, 0.29) is 17.9 Å². The molecule has 1 aliphatic rings. The number of amides is 1. The van der Waals surface area contributed by atoms with Crippen molar-refractivity contribution in [2.75, 3.05) is 20.2 Å². The molecular weight excluding hydrogens is 214 g/mol. The molecule has 1 atom stereocenters. The van der Waals surface area contributed by atoms with Crippen molar-refractivity contribution in [2.45, 2.75) is 52.4 Å². The van der Waals surface area contributed by atoms with E-state index >= 15 is 0 Å². The van der Waals surface area contributed by atoms with Crippen molar-refractivity contribution in [1.29, 1.82) is 0 Å². The average Bonchev–Trinajstić information content (AvgIpc) is 2.63. The highest BCUT2D eigenvalue weighted by Crippen LogP contribution is 2.43. The van der Waals surface area contributed by atoms with Gasteiger partial charge in [0, 0.05) is 26.1 Å². The molecule has 0 aliphatic heterocycles.